The normalized spacial score (nSPS) is 11.2. The van der Waals surface area contributed by atoms with Gasteiger partial charge in [-0.15, -0.1) is 0 Å². The Balaban J connectivity index is 2.60. The molecule has 0 fully saturated rings. The van der Waals surface area contributed by atoms with Crippen molar-refractivity contribution < 1.29 is 9.53 Å². The van der Waals surface area contributed by atoms with E-state index in [9.17, 15) is 4.79 Å². The summed E-state index contributed by atoms with van der Waals surface area (Å²) in [5, 5.41) is 0. The number of benzene rings is 1. The van der Waals surface area contributed by atoms with Crippen LogP contribution < -0.4 is 9.64 Å². The van der Waals surface area contributed by atoms with E-state index in [1.165, 1.54) is 12.8 Å². The van der Waals surface area contributed by atoms with Crippen molar-refractivity contribution in [3.05, 3.63) is 24.3 Å². The lowest BCUT2D eigenvalue weighted by Crippen LogP contribution is -2.36. The molecule has 0 unspecified atom stereocenters. The van der Waals surface area contributed by atoms with E-state index in [-0.39, 0.29) is 11.3 Å². The van der Waals surface area contributed by atoms with Crippen LogP contribution in [0.15, 0.2) is 24.3 Å². The Morgan fingerprint density at radius 1 is 1.15 bits per heavy atom. The van der Waals surface area contributed by atoms with E-state index < -0.39 is 0 Å². The Morgan fingerprint density at radius 2 is 1.75 bits per heavy atom. The van der Waals surface area contributed by atoms with E-state index in [2.05, 4.69) is 6.92 Å². The number of carbonyl (C=O) groups is 1. The fraction of sp³-hybridized carbons (Fsp3) is 0.588. The third-order valence-corrected chi connectivity index (χ3v) is 3.19. The lowest BCUT2D eigenvalue weighted by Gasteiger charge is -2.26. The van der Waals surface area contributed by atoms with Gasteiger partial charge >= 0.3 is 0 Å². The SMILES string of the molecule is CCCCCOc1ccc(N(C)C(=O)C(C)(C)C)cc1. The fourth-order valence-corrected chi connectivity index (χ4v) is 1.93. The maximum absolute atomic E-state index is 12.2. The molecule has 0 spiro atoms. The van der Waals surface area contributed by atoms with Crippen molar-refractivity contribution in [2.45, 2.75) is 47.0 Å². The molecule has 0 atom stereocenters. The lowest BCUT2D eigenvalue weighted by atomic mass is 9.95. The average molecular weight is 277 g/mol. The second-order valence-electron chi connectivity index (χ2n) is 6.16. The first-order valence-electron chi connectivity index (χ1n) is 7.37. The molecule has 1 aromatic carbocycles. The molecule has 3 nitrogen and oxygen atoms in total. The largest absolute Gasteiger partial charge is 0.494 e. The fourth-order valence-electron chi connectivity index (χ4n) is 1.93. The van der Waals surface area contributed by atoms with Crippen molar-refractivity contribution in [2.75, 3.05) is 18.6 Å². The van der Waals surface area contributed by atoms with Gasteiger partial charge in [0.2, 0.25) is 5.91 Å². The first kappa shape index (κ1) is 16.5. The minimum atomic E-state index is -0.371. The third kappa shape index (κ3) is 4.87. The monoisotopic (exact) mass is 277 g/mol. The Labute approximate surface area is 122 Å². The molecule has 1 aromatic rings. The molecule has 0 aliphatic heterocycles. The summed E-state index contributed by atoms with van der Waals surface area (Å²) in [6.07, 6.45) is 3.48. The van der Waals surface area contributed by atoms with Gasteiger partial charge in [0.15, 0.2) is 0 Å². The Bertz CT molecular complexity index is 418. The first-order chi connectivity index (χ1) is 9.36. The molecule has 1 amide bonds. The standard InChI is InChI=1S/C17H27NO2/c1-6-7-8-13-20-15-11-9-14(10-12-15)18(5)16(19)17(2,3)4/h9-12H,6-8,13H2,1-5H3. The molecule has 0 radical (unpaired) electrons. The molecule has 0 N–H and O–H groups in total. The average Bonchev–Trinajstić information content (AvgIpc) is 2.41. The van der Waals surface area contributed by atoms with Crippen LogP contribution in [-0.2, 0) is 4.79 Å². The number of hydrogen-bond donors (Lipinski definition) is 0. The van der Waals surface area contributed by atoms with Crippen LogP contribution in [0.4, 0.5) is 5.69 Å². The van der Waals surface area contributed by atoms with Crippen LogP contribution in [-0.4, -0.2) is 19.6 Å². The predicted molar refractivity (Wildman–Crippen MR) is 84.3 cm³/mol. The van der Waals surface area contributed by atoms with Gasteiger partial charge in [0.25, 0.3) is 0 Å². The molecular formula is C17H27NO2. The van der Waals surface area contributed by atoms with E-state index >= 15 is 0 Å². The molecule has 1 rings (SSSR count). The predicted octanol–water partition coefficient (Wildman–Crippen LogP) is 4.26. The zero-order chi connectivity index (χ0) is 15.2. The highest BCUT2D eigenvalue weighted by Gasteiger charge is 2.25. The summed E-state index contributed by atoms with van der Waals surface area (Å²) < 4.78 is 5.67. The van der Waals surface area contributed by atoms with Gasteiger partial charge in [0.1, 0.15) is 5.75 Å². The molecule has 20 heavy (non-hydrogen) atoms. The zero-order valence-corrected chi connectivity index (χ0v) is 13.4. The number of nitrogens with zero attached hydrogens (tertiary/aromatic N) is 1. The molecule has 0 aliphatic rings. The summed E-state index contributed by atoms with van der Waals surface area (Å²) in [6.45, 7) is 8.71. The van der Waals surface area contributed by atoms with Gasteiger partial charge in [-0.3, -0.25) is 4.79 Å². The van der Waals surface area contributed by atoms with Gasteiger partial charge in [-0.1, -0.05) is 40.5 Å². The van der Waals surface area contributed by atoms with E-state index in [4.69, 9.17) is 4.74 Å². The molecule has 0 saturated carbocycles. The molecule has 3 heteroatoms. The van der Waals surface area contributed by atoms with E-state index in [1.807, 2.05) is 52.1 Å². The molecular weight excluding hydrogens is 250 g/mol. The third-order valence-electron chi connectivity index (χ3n) is 3.19. The highest BCUT2D eigenvalue weighted by molar-refractivity contribution is 5.96. The highest BCUT2D eigenvalue weighted by Crippen LogP contribution is 2.24. The van der Waals surface area contributed by atoms with E-state index in [1.54, 1.807) is 4.90 Å². The Morgan fingerprint density at radius 3 is 2.25 bits per heavy atom. The number of anilines is 1. The van der Waals surface area contributed by atoms with Crippen LogP contribution >= 0.6 is 0 Å². The van der Waals surface area contributed by atoms with Gasteiger partial charge in [-0.2, -0.15) is 0 Å². The van der Waals surface area contributed by atoms with E-state index in [0.29, 0.717) is 0 Å². The summed E-state index contributed by atoms with van der Waals surface area (Å²) in [5.41, 5.74) is 0.523. The van der Waals surface area contributed by atoms with Gasteiger partial charge in [0, 0.05) is 18.2 Å². The van der Waals surface area contributed by atoms with E-state index in [0.717, 1.165) is 24.5 Å². The molecule has 0 bridgehead atoms. The molecule has 0 aliphatic carbocycles. The van der Waals surface area contributed by atoms with Gasteiger partial charge in [-0.05, 0) is 30.7 Å². The summed E-state index contributed by atoms with van der Waals surface area (Å²) in [7, 11) is 1.81. The summed E-state index contributed by atoms with van der Waals surface area (Å²) in [6, 6.07) is 7.71. The maximum Gasteiger partial charge on any atom is 0.232 e. The van der Waals surface area contributed by atoms with Crippen molar-refractivity contribution in [1.29, 1.82) is 0 Å². The topological polar surface area (TPSA) is 29.5 Å². The van der Waals surface area contributed by atoms with Crippen LogP contribution in [0.1, 0.15) is 47.0 Å². The second kappa shape index (κ2) is 7.32. The van der Waals surface area contributed by atoms with Crippen LogP contribution in [0.25, 0.3) is 0 Å². The number of carbonyl (C=O) groups excluding carboxylic acids is 1. The van der Waals surface area contributed by atoms with Crippen LogP contribution in [0.3, 0.4) is 0 Å². The van der Waals surface area contributed by atoms with Crippen LogP contribution in [0, 0.1) is 5.41 Å². The molecule has 0 saturated heterocycles. The molecule has 112 valence electrons. The maximum atomic E-state index is 12.2. The number of unbranched alkanes of at least 4 members (excludes halogenated alkanes) is 2. The summed E-state index contributed by atoms with van der Waals surface area (Å²) in [4.78, 5) is 13.9. The molecule has 0 heterocycles. The zero-order valence-electron chi connectivity index (χ0n) is 13.4. The number of rotatable bonds is 6. The van der Waals surface area contributed by atoms with Crippen molar-refractivity contribution >= 4 is 11.6 Å². The quantitative estimate of drug-likeness (QED) is 0.727. The van der Waals surface area contributed by atoms with Crippen molar-refractivity contribution in [1.82, 2.24) is 0 Å². The van der Waals surface area contributed by atoms with Gasteiger partial charge in [0.05, 0.1) is 6.61 Å². The summed E-state index contributed by atoms with van der Waals surface area (Å²) in [5.74, 6) is 0.968. The minimum Gasteiger partial charge on any atom is -0.494 e. The Kier molecular flexibility index (Phi) is 6.05. The van der Waals surface area contributed by atoms with Crippen molar-refractivity contribution in [3.8, 4) is 5.75 Å². The van der Waals surface area contributed by atoms with Gasteiger partial charge < -0.3 is 9.64 Å². The Hall–Kier alpha value is -1.51. The van der Waals surface area contributed by atoms with Crippen LogP contribution in [0.5, 0.6) is 5.75 Å². The minimum absolute atomic E-state index is 0.106. The second-order valence-corrected chi connectivity index (χ2v) is 6.16. The molecule has 0 aromatic heterocycles. The number of amides is 1. The number of ether oxygens (including phenoxy) is 1. The smallest absolute Gasteiger partial charge is 0.232 e. The van der Waals surface area contributed by atoms with Gasteiger partial charge in [-0.25, -0.2) is 0 Å². The van der Waals surface area contributed by atoms with Crippen LogP contribution in [0.2, 0.25) is 0 Å². The number of hydrogen-bond acceptors (Lipinski definition) is 2. The first-order valence-corrected chi connectivity index (χ1v) is 7.37. The lowest BCUT2D eigenvalue weighted by molar-refractivity contribution is -0.125. The van der Waals surface area contributed by atoms with Crippen molar-refractivity contribution in [3.63, 3.8) is 0 Å². The highest BCUT2D eigenvalue weighted by atomic mass is 16.5. The van der Waals surface area contributed by atoms with Crippen molar-refractivity contribution in [2.24, 2.45) is 5.41 Å². The summed E-state index contributed by atoms with van der Waals surface area (Å²) >= 11 is 0.